The van der Waals surface area contributed by atoms with Crippen molar-refractivity contribution in [2.45, 2.75) is 45.4 Å². The van der Waals surface area contributed by atoms with Crippen LogP contribution in [0, 0.1) is 5.92 Å². The molecular weight excluding hydrogens is 318 g/mol. The molecule has 0 saturated carbocycles. The molecule has 26 heavy (non-hydrogen) atoms. The van der Waals surface area contributed by atoms with Gasteiger partial charge < -0.3 is 4.74 Å². The van der Waals surface area contributed by atoms with Crippen LogP contribution in [0.4, 0.5) is 0 Å². The monoisotopic (exact) mass is 351 g/mol. The summed E-state index contributed by atoms with van der Waals surface area (Å²) in [6, 6.07) is 19.6. The van der Waals surface area contributed by atoms with Gasteiger partial charge in [0.25, 0.3) is 0 Å². The zero-order chi connectivity index (χ0) is 18.2. The maximum Gasteiger partial charge on any atom is 0.119 e. The molecule has 2 heteroatoms. The minimum atomic E-state index is 0.541. The van der Waals surface area contributed by atoms with Crippen LogP contribution in [0.1, 0.15) is 50.2 Å². The molecule has 0 radical (unpaired) electrons. The summed E-state index contributed by atoms with van der Waals surface area (Å²) in [5, 5.41) is 0. The highest BCUT2D eigenvalue weighted by Crippen LogP contribution is 2.29. The molecule has 1 heterocycles. The fourth-order valence-corrected chi connectivity index (χ4v) is 3.89. The zero-order valence-electron chi connectivity index (χ0n) is 16.4. The summed E-state index contributed by atoms with van der Waals surface area (Å²) in [7, 11) is 0. The molecule has 1 aliphatic heterocycles. The summed E-state index contributed by atoms with van der Waals surface area (Å²) in [6.07, 6.45) is 5.16. The third kappa shape index (κ3) is 5.60. The predicted octanol–water partition coefficient (Wildman–Crippen LogP) is 5.53. The summed E-state index contributed by atoms with van der Waals surface area (Å²) in [5.41, 5.74) is 2.82. The van der Waals surface area contributed by atoms with Crippen LogP contribution in [0.15, 0.2) is 54.6 Å². The molecule has 140 valence electrons. The maximum absolute atomic E-state index is 5.98. The molecule has 0 amide bonds. The van der Waals surface area contributed by atoms with Crippen molar-refractivity contribution in [2.24, 2.45) is 5.92 Å². The lowest BCUT2D eigenvalue weighted by molar-refractivity contribution is 0.183. The van der Waals surface area contributed by atoms with Crippen LogP contribution in [0.3, 0.4) is 0 Å². The van der Waals surface area contributed by atoms with E-state index in [4.69, 9.17) is 4.74 Å². The van der Waals surface area contributed by atoms with E-state index < -0.39 is 0 Å². The van der Waals surface area contributed by atoms with Gasteiger partial charge in [-0.15, -0.1) is 0 Å². The van der Waals surface area contributed by atoms with Crippen LogP contribution in [0.2, 0.25) is 0 Å². The number of ether oxygens (including phenoxy) is 1. The van der Waals surface area contributed by atoms with Crippen molar-refractivity contribution < 1.29 is 4.74 Å². The molecule has 1 aliphatic rings. The summed E-state index contributed by atoms with van der Waals surface area (Å²) in [5.74, 6) is 2.15. The first kappa shape index (κ1) is 19.0. The molecule has 2 aromatic rings. The summed E-state index contributed by atoms with van der Waals surface area (Å²) < 4.78 is 5.98. The number of rotatable bonds is 8. The Labute approximate surface area is 159 Å². The Morgan fingerprint density at radius 1 is 0.885 bits per heavy atom. The molecule has 0 aliphatic carbocycles. The largest absolute Gasteiger partial charge is 0.492 e. The van der Waals surface area contributed by atoms with Gasteiger partial charge in [0.2, 0.25) is 0 Å². The number of nitrogens with zero attached hydrogens (tertiary/aromatic N) is 1. The van der Waals surface area contributed by atoms with Crippen molar-refractivity contribution in [2.75, 3.05) is 26.2 Å². The van der Waals surface area contributed by atoms with Gasteiger partial charge in [0.15, 0.2) is 0 Å². The van der Waals surface area contributed by atoms with Gasteiger partial charge in [0, 0.05) is 6.54 Å². The highest BCUT2D eigenvalue weighted by molar-refractivity contribution is 5.31. The molecule has 3 rings (SSSR count). The summed E-state index contributed by atoms with van der Waals surface area (Å²) in [4.78, 5) is 2.52. The molecule has 1 saturated heterocycles. The van der Waals surface area contributed by atoms with E-state index in [9.17, 15) is 0 Å². The van der Waals surface area contributed by atoms with E-state index in [2.05, 4.69) is 73.3 Å². The van der Waals surface area contributed by atoms with Crippen LogP contribution < -0.4 is 4.74 Å². The van der Waals surface area contributed by atoms with Crippen LogP contribution >= 0.6 is 0 Å². The maximum atomic E-state index is 5.98. The number of piperidine rings is 1. The Hall–Kier alpha value is -1.80. The van der Waals surface area contributed by atoms with Gasteiger partial charge >= 0.3 is 0 Å². The normalized spacial score (nSPS) is 16.6. The molecule has 1 atom stereocenters. The third-order valence-corrected chi connectivity index (χ3v) is 5.54. The first-order valence-corrected chi connectivity index (χ1v) is 10.2. The van der Waals surface area contributed by atoms with Crippen molar-refractivity contribution in [3.05, 3.63) is 65.7 Å². The van der Waals surface area contributed by atoms with E-state index in [0.29, 0.717) is 11.8 Å². The van der Waals surface area contributed by atoms with E-state index in [0.717, 1.165) is 25.3 Å². The van der Waals surface area contributed by atoms with Gasteiger partial charge in [-0.2, -0.15) is 0 Å². The fraction of sp³-hybridized carbons (Fsp3) is 0.500. The highest BCUT2D eigenvalue weighted by Gasteiger charge is 2.16. The quantitative estimate of drug-likeness (QED) is 0.620. The van der Waals surface area contributed by atoms with E-state index in [1.54, 1.807) is 0 Å². The minimum absolute atomic E-state index is 0.541. The topological polar surface area (TPSA) is 12.5 Å². The van der Waals surface area contributed by atoms with Crippen molar-refractivity contribution in [1.82, 2.24) is 4.90 Å². The van der Waals surface area contributed by atoms with E-state index in [-0.39, 0.29) is 0 Å². The Bertz CT molecular complexity index is 629. The third-order valence-electron chi connectivity index (χ3n) is 5.54. The zero-order valence-corrected chi connectivity index (χ0v) is 16.4. The lowest BCUT2D eigenvalue weighted by Gasteiger charge is -2.26. The van der Waals surface area contributed by atoms with Crippen molar-refractivity contribution in [1.29, 1.82) is 0 Å². The van der Waals surface area contributed by atoms with Crippen LogP contribution in [-0.2, 0) is 6.42 Å². The second-order valence-electron chi connectivity index (χ2n) is 7.86. The number of benzene rings is 2. The SMILES string of the molecule is CC(C)C(Cc1ccccc1)c1ccc(OCCN2CCCCC2)cc1. The number of likely N-dealkylation sites (tertiary alicyclic amines) is 1. The van der Waals surface area contributed by atoms with Crippen molar-refractivity contribution in [3.63, 3.8) is 0 Å². The average molecular weight is 352 g/mol. The molecule has 0 bridgehead atoms. The van der Waals surface area contributed by atoms with Gasteiger partial charge in [-0.1, -0.05) is 62.7 Å². The first-order valence-electron chi connectivity index (χ1n) is 10.2. The van der Waals surface area contributed by atoms with E-state index in [1.807, 2.05) is 0 Å². The van der Waals surface area contributed by atoms with E-state index >= 15 is 0 Å². The molecule has 1 unspecified atom stereocenters. The van der Waals surface area contributed by atoms with Gasteiger partial charge in [0.1, 0.15) is 12.4 Å². The molecule has 2 aromatic carbocycles. The fourth-order valence-electron chi connectivity index (χ4n) is 3.89. The van der Waals surface area contributed by atoms with Crippen LogP contribution in [0.5, 0.6) is 5.75 Å². The molecule has 2 nitrogen and oxygen atoms in total. The van der Waals surface area contributed by atoms with Crippen molar-refractivity contribution >= 4 is 0 Å². The summed E-state index contributed by atoms with van der Waals surface area (Å²) >= 11 is 0. The van der Waals surface area contributed by atoms with Gasteiger partial charge in [-0.25, -0.2) is 0 Å². The average Bonchev–Trinajstić information content (AvgIpc) is 2.68. The van der Waals surface area contributed by atoms with Gasteiger partial charge in [-0.05, 0) is 67.4 Å². The van der Waals surface area contributed by atoms with E-state index in [1.165, 1.54) is 43.5 Å². The van der Waals surface area contributed by atoms with Crippen LogP contribution in [-0.4, -0.2) is 31.1 Å². The highest BCUT2D eigenvalue weighted by atomic mass is 16.5. The lowest BCUT2D eigenvalue weighted by atomic mass is 9.83. The Morgan fingerprint density at radius 3 is 2.23 bits per heavy atom. The van der Waals surface area contributed by atoms with Crippen LogP contribution in [0.25, 0.3) is 0 Å². The Kier molecular flexibility index (Phi) is 7.13. The first-order chi connectivity index (χ1) is 12.7. The summed E-state index contributed by atoms with van der Waals surface area (Å²) in [6.45, 7) is 8.93. The molecular formula is C24H33NO. The molecule has 1 fully saturated rings. The van der Waals surface area contributed by atoms with Crippen molar-refractivity contribution in [3.8, 4) is 5.75 Å². The predicted molar refractivity (Wildman–Crippen MR) is 110 cm³/mol. The lowest BCUT2D eigenvalue weighted by Crippen LogP contribution is -2.33. The molecule has 0 spiro atoms. The minimum Gasteiger partial charge on any atom is -0.492 e. The Morgan fingerprint density at radius 2 is 1.58 bits per heavy atom. The molecule has 0 aromatic heterocycles. The Balaban J connectivity index is 1.54. The standard InChI is InChI=1S/C24H33NO/c1-20(2)24(19-21-9-5-3-6-10-21)22-11-13-23(14-12-22)26-18-17-25-15-7-4-8-16-25/h3,5-6,9-14,20,24H,4,7-8,15-19H2,1-2H3. The second-order valence-corrected chi connectivity index (χ2v) is 7.86. The smallest absolute Gasteiger partial charge is 0.119 e. The van der Waals surface area contributed by atoms with Gasteiger partial charge in [0.05, 0.1) is 0 Å². The van der Waals surface area contributed by atoms with Gasteiger partial charge in [-0.3, -0.25) is 4.90 Å². The second kappa shape index (κ2) is 9.78. The number of hydrogen-bond donors (Lipinski definition) is 0. The number of hydrogen-bond acceptors (Lipinski definition) is 2. The molecule has 0 N–H and O–H groups in total.